The first-order chi connectivity index (χ1) is 45.8. The van der Waals surface area contributed by atoms with E-state index in [9.17, 15) is 24.8 Å². The Labute approximate surface area is 575 Å². The van der Waals surface area contributed by atoms with Gasteiger partial charge in [-0.1, -0.05) is 124 Å². The number of hydrogen-bond acceptors (Lipinski definition) is 20. The second-order valence-electron chi connectivity index (χ2n) is 19.8. The van der Waals surface area contributed by atoms with E-state index in [1.54, 1.807) is 103 Å². The topological polar surface area (TPSA) is 278 Å². The quantitative estimate of drug-likeness (QED) is 0.0172. The van der Waals surface area contributed by atoms with Crippen LogP contribution in [0.25, 0.3) is 33.8 Å². The summed E-state index contributed by atoms with van der Waals surface area (Å²) in [5.41, 5.74) is 6.76. The number of halogens is 6. The summed E-state index contributed by atoms with van der Waals surface area (Å²) in [6, 6.07) is 47.9. The zero-order chi connectivity index (χ0) is 67.8. The van der Waals surface area contributed by atoms with E-state index in [4.69, 9.17) is 98.0 Å². The summed E-state index contributed by atoms with van der Waals surface area (Å²) in [5.74, 6) is 2.65. The van der Waals surface area contributed by atoms with Gasteiger partial charge in [0.05, 0.1) is 43.3 Å². The van der Waals surface area contributed by atoms with Crippen LogP contribution in [-0.4, -0.2) is 99.7 Å². The minimum absolute atomic E-state index is 0.105. The van der Waals surface area contributed by atoms with Crippen LogP contribution in [0.3, 0.4) is 0 Å². The number of rotatable bonds is 23. The summed E-state index contributed by atoms with van der Waals surface area (Å²) < 4.78 is 31.3. The van der Waals surface area contributed by atoms with Gasteiger partial charge in [-0.05, 0) is 128 Å². The van der Waals surface area contributed by atoms with Crippen molar-refractivity contribution >= 4 is 105 Å². The number of anilines is 3. The molecule has 10 rings (SSSR count). The lowest BCUT2D eigenvalue weighted by atomic mass is 10.1. The van der Waals surface area contributed by atoms with E-state index in [0.717, 1.165) is 27.8 Å². The number of ether oxygens (including phenoxy) is 6. The van der Waals surface area contributed by atoms with Gasteiger partial charge in [-0.15, -0.1) is 0 Å². The Morgan fingerprint density at radius 1 is 0.463 bits per heavy atom. The number of nitrogens with zero attached hydrogens (tertiary/aromatic N) is 7. The molecule has 0 saturated heterocycles. The van der Waals surface area contributed by atoms with Crippen LogP contribution in [0.15, 0.2) is 170 Å². The van der Waals surface area contributed by atoms with E-state index in [1.165, 1.54) is 45.6 Å². The Bertz CT molecular complexity index is 4300. The maximum Gasteiger partial charge on any atom is 0.519 e. The van der Waals surface area contributed by atoms with E-state index in [0.29, 0.717) is 121 Å². The van der Waals surface area contributed by atoms with Gasteiger partial charge in [-0.2, -0.15) is 29.9 Å². The largest absolute Gasteiger partial charge is 0.519 e. The highest BCUT2D eigenvalue weighted by Gasteiger charge is 2.16. The number of aromatic hydroxyl groups is 1. The summed E-state index contributed by atoms with van der Waals surface area (Å²) in [6.45, 7) is 4.07. The normalized spacial score (nSPS) is 10.5. The number of nitro groups is 1. The molecule has 22 nitrogen and oxygen atoms in total. The molecular weight excluding hydrogens is 1350 g/mol. The molecule has 0 unspecified atom stereocenters. The molecule has 3 aromatic heterocycles. The van der Waals surface area contributed by atoms with Crippen molar-refractivity contribution in [1.29, 1.82) is 0 Å². The molecule has 0 fully saturated rings. The van der Waals surface area contributed by atoms with Crippen molar-refractivity contribution in [3.05, 3.63) is 227 Å². The summed E-state index contributed by atoms with van der Waals surface area (Å²) in [6.07, 6.45) is 0.525. The Morgan fingerprint density at radius 3 is 1.21 bits per heavy atom. The maximum absolute atomic E-state index is 12.2. The zero-order valence-corrected chi connectivity index (χ0v) is 55.6. The van der Waals surface area contributed by atoms with E-state index in [1.807, 2.05) is 49.4 Å². The van der Waals surface area contributed by atoms with Gasteiger partial charge in [0.2, 0.25) is 0 Å². The number of methoxy groups -OCH3 is 3. The average Bonchev–Trinajstić information content (AvgIpc) is 0.898. The van der Waals surface area contributed by atoms with Gasteiger partial charge in [-0.25, -0.2) is 9.59 Å². The predicted octanol–water partition coefficient (Wildman–Crippen LogP) is 16.6. The van der Waals surface area contributed by atoms with Crippen molar-refractivity contribution < 1.29 is 48.0 Å². The number of non-ortho nitro benzene ring substituents is 1. The summed E-state index contributed by atoms with van der Waals surface area (Å²) in [4.78, 5) is 60.2. The smallest absolute Gasteiger partial charge is 0.508 e. The maximum atomic E-state index is 12.2. The second-order valence-corrected chi connectivity index (χ2v) is 22.4. The molecule has 95 heavy (non-hydrogen) atoms. The summed E-state index contributed by atoms with van der Waals surface area (Å²) in [5, 5.41) is 36.4. The first kappa shape index (κ1) is 70.9. The number of carbonyl (C=O) groups excluding carboxylic acids is 2. The Balaban J connectivity index is 0.000000186. The molecule has 0 spiro atoms. The van der Waals surface area contributed by atoms with Crippen molar-refractivity contribution in [1.82, 2.24) is 35.2 Å². The fourth-order valence-electron chi connectivity index (χ4n) is 8.65. The number of carbonyl (C=O) groups is 2. The van der Waals surface area contributed by atoms with Gasteiger partial charge in [-0.3, -0.25) is 10.1 Å². The third kappa shape index (κ3) is 22.1. The van der Waals surface area contributed by atoms with Gasteiger partial charge >= 0.3 is 30.3 Å². The molecule has 0 saturated carbocycles. The molecule has 10 aromatic rings. The molecular formula is C67H59Cl6N11O11. The zero-order valence-electron chi connectivity index (χ0n) is 51.0. The molecule has 0 radical (unpaired) electrons. The fraction of sp³-hybridized carbons (Fsp3) is 0.164. The number of nitrogens with one attached hydrogen (secondary N) is 4. The molecule has 5 N–H and O–H groups in total. The molecule has 28 heteroatoms. The van der Waals surface area contributed by atoms with Gasteiger partial charge in [0.25, 0.3) is 5.69 Å². The van der Waals surface area contributed by atoms with Gasteiger partial charge in [0.15, 0.2) is 0 Å². The standard InChI is InChI=1S/C26H20Cl2N4O6.C22H22Cl2N4O3.C19H17Cl2N3O2/c1-36-25-30-23(15-24(31-25)29-12-11-16-5-6-18(27)14-22(16)28)17-3-2-4-21(13-17)38-26(33)37-20-9-7-19(8-10-20)32(34)35;1-3-25-22(29)31-17-6-4-5-15(11-17)19-13-20(28-21(27-19)30-2)26-10-9-14-7-8-16(23)12-18(14)24;1-26-19-23-17(13-3-2-4-15(25)9-13)11-18(24-19)22-8-7-12-5-6-14(20)10-16(12)21/h2-10,13-15H,11-12H2,1H3,(H,29,30,31);4-8,11-13H,3,9-10H2,1-2H3,(H,25,29)(H,26,27,28);2-6,9-11,25H,7-8H2,1H3,(H,22,23,24). The van der Waals surface area contributed by atoms with Crippen LogP contribution in [0.1, 0.15) is 23.6 Å². The number of hydrogen-bond donors (Lipinski definition) is 5. The van der Waals surface area contributed by atoms with Crippen LogP contribution in [0, 0.1) is 10.1 Å². The van der Waals surface area contributed by atoms with Crippen molar-refractivity contribution in [2.45, 2.75) is 26.2 Å². The number of benzene rings is 7. The van der Waals surface area contributed by atoms with Crippen LogP contribution in [0.2, 0.25) is 30.1 Å². The van der Waals surface area contributed by atoms with E-state index < -0.39 is 17.2 Å². The van der Waals surface area contributed by atoms with E-state index in [-0.39, 0.29) is 41.0 Å². The lowest BCUT2D eigenvalue weighted by Crippen LogP contribution is -2.26. The van der Waals surface area contributed by atoms with Gasteiger partial charge in [0.1, 0.15) is 40.5 Å². The highest BCUT2D eigenvalue weighted by molar-refractivity contribution is 6.36. The highest BCUT2D eigenvalue weighted by Crippen LogP contribution is 2.31. The fourth-order valence-corrected chi connectivity index (χ4v) is 10.2. The minimum atomic E-state index is -1.00. The van der Waals surface area contributed by atoms with Crippen molar-refractivity contribution in [2.24, 2.45) is 0 Å². The number of phenols is 1. The number of amides is 1. The van der Waals surface area contributed by atoms with Crippen LogP contribution in [-0.2, 0) is 19.3 Å². The SMILES string of the molecule is CCNC(=O)Oc1cccc(-c2cc(NCCc3ccc(Cl)cc3Cl)nc(OC)n2)c1.COc1nc(NCCc2ccc(Cl)cc2Cl)cc(-c2cccc(O)c2)n1.COc1nc(NCCc2ccc(Cl)cc2Cl)cc(-c2cccc(OC(=O)Oc3ccc([N+](=O)[O-])cc3)c2)n1. The molecule has 0 bridgehead atoms. The molecule has 0 aliphatic heterocycles. The molecule has 7 aromatic carbocycles. The van der Waals surface area contributed by atoms with E-state index >= 15 is 0 Å². The molecule has 0 aliphatic rings. The molecule has 0 aliphatic carbocycles. The predicted molar refractivity (Wildman–Crippen MR) is 369 cm³/mol. The van der Waals surface area contributed by atoms with Crippen LogP contribution in [0.4, 0.5) is 32.7 Å². The minimum Gasteiger partial charge on any atom is -0.508 e. The second kappa shape index (κ2) is 35.4. The molecule has 1 amide bonds. The molecule has 490 valence electrons. The third-order valence-corrected chi connectivity index (χ3v) is 15.0. The van der Waals surface area contributed by atoms with Crippen LogP contribution < -0.4 is 49.7 Å². The van der Waals surface area contributed by atoms with Gasteiger partial charge in [0, 0.05) is 103 Å². The van der Waals surface area contributed by atoms with Crippen LogP contribution in [0.5, 0.6) is 41.0 Å². The number of nitro benzene ring substituents is 1. The van der Waals surface area contributed by atoms with Crippen molar-refractivity contribution in [3.8, 4) is 74.8 Å². The lowest BCUT2D eigenvalue weighted by Gasteiger charge is -2.11. The number of phenolic OH excluding ortho intramolecular Hbond substituents is 1. The van der Waals surface area contributed by atoms with E-state index in [2.05, 4.69) is 51.2 Å². The summed E-state index contributed by atoms with van der Waals surface area (Å²) >= 11 is 36.5. The molecule has 0 atom stereocenters. The van der Waals surface area contributed by atoms with Crippen molar-refractivity contribution in [2.75, 3.05) is 63.5 Å². The Hall–Kier alpha value is -9.94. The lowest BCUT2D eigenvalue weighted by molar-refractivity contribution is -0.384. The third-order valence-electron chi connectivity index (χ3n) is 13.2. The number of aromatic nitrogens is 6. The molecule has 3 heterocycles. The monoisotopic (exact) mass is 1400 g/mol. The highest BCUT2D eigenvalue weighted by atomic mass is 35.5. The van der Waals surface area contributed by atoms with Crippen molar-refractivity contribution in [3.63, 3.8) is 0 Å². The summed E-state index contributed by atoms with van der Waals surface area (Å²) in [7, 11) is 4.48. The average molecular weight is 1410 g/mol. The first-order valence-corrected chi connectivity index (χ1v) is 31.0. The Kier molecular flexibility index (Phi) is 26.4. The van der Waals surface area contributed by atoms with Gasteiger partial charge < -0.3 is 54.8 Å². The Morgan fingerprint density at radius 2 is 0.842 bits per heavy atom. The van der Waals surface area contributed by atoms with Crippen LogP contribution >= 0.6 is 69.6 Å². The first-order valence-electron chi connectivity index (χ1n) is 28.8.